The van der Waals surface area contributed by atoms with Crippen LogP contribution in [0.15, 0.2) is 132 Å². The number of aliphatic hydroxyl groups excluding tert-OH is 1. The van der Waals surface area contributed by atoms with E-state index in [-0.39, 0.29) is 61.2 Å². The van der Waals surface area contributed by atoms with Crippen molar-refractivity contribution in [2.24, 2.45) is 5.92 Å². The van der Waals surface area contributed by atoms with E-state index in [0.717, 1.165) is 86.8 Å². The zero-order valence-corrected chi connectivity index (χ0v) is 39.3. The van der Waals surface area contributed by atoms with Crippen LogP contribution >= 0.6 is 0 Å². The molecule has 0 spiro atoms. The van der Waals surface area contributed by atoms with Gasteiger partial charge in [0.05, 0.1) is 29.8 Å². The lowest BCUT2D eigenvalue weighted by atomic mass is 9.86. The number of esters is 1. The number of piperidine rings is 3. The van der Waals surface area contributed by atoms with E-state index in [1.165, 1.54) is 12.1 Å². The molecule has 4 fully saturated rings. The number of nitrogens with zero attached hydrogens (tertiary/aromatic N) is 2. The summed E-state index contributed by atoms with van der Waals surface area (Å²) in [6.07, 6.45) is 5.66. The van der Waals surface area contributed by atoms with Crippen LogP contribution in [0.2, 0.25) is 0 Å². The second-order valence-corrected chi connectivity index (χ2v) is 18.7. The van der Waals surface area contributed by atoms with Gasteiger partial charge in [-0.2, -0.15) is 0 Å². The third-order valence-corrected chi connectivity index (χ3v) is 14.0. The fourth-order valence-electron chi connectivity index (χ4n) is 10.1. The van der Waals surface area contributed by atoms with E-state index in [4.69, 9.17) is 14.2 Å². The molecule has 5 N–H and O–H groups in total. The first kappa shape index (κ1) is 48.0. The maximum absolute atomic E-state index is 14.0. The van der Waals surface area contributed by atoms with Gasteiger partial charge in [-0.25, -0.2) is 9.59 Å². The van der Waals surface area contributed by atoms with Crippen LogP contribution in [0.4, 0.5) is 4.79 Å². The normalized spacial score (nSPS) is 18.7. The molecule has 3 aliphatic heterocycles. The van der Waals surface area contributed by atoms with Crippen molar-refractivity contribution in [1.29, 1.82) is 0 Å². The molecule has 14 nitrogen and oxygen atoms in total. The molecule has 6 aromatic rings. The van der Waals surface area contributed by atoms with Crippen molar-refractivity contribution < 1.29 is 38.8 Å². The topological polar surface area (TPSA) is 183 Å². The Morgan fingerprint density at radius 2 is 1.51 bits per heavy atom. The summed E-state index contributed by atoms with van der Waals surface area (Å²) in [6.45, 7) is 4.16. The van der Waals surface area contributed by atoms with Gasteiger partial charge in [-0.3, -0.25) is 14.5 Å². The van der Waals surface area contributed by atoms with Crippen molar-refractivity contribution in [2.45, 2.75) is 82.4 Å². The first-order valence-electron chi connectivity index (χ1n) is 24.5. The number of aromatic nitrogens is 1. The van der Waals surface area contributed by atoms with Gasteiger partial charge < -0.3 is 44.9 Å². The largest absolute Gasteiger partial charge is 0.506 e. The molecule has 1 unspecified atom stereocenters. The molecule has 1 aliphatic carbocycles. The molecular weight excluding hydrogens is 887 g/mol. The molecule has 364 valence electrons. The van der Waals surface area contributed by atoms with Gasteiger partial charge in [-0.1, -0.05) is 92.1 Å². The Morgan fingerprint density at radius 1 is 0.786 bits per heavy atom. The van der Waals surface area contributed by atoms with Crippen LogP contribution < -0.4 is 20.9 Å². The molecule has 2 amide bonds. The van der Waals surface area contributed by atoms with Crippen LogP contribution in [-0.2, 0) is 22.6 Å². The number of hydrogen-bond acceptors (Lipinski definition) is 11. The number of fused-ring (bicyclic) bond motifs is 4. The zero-order valence-electron chi connectivity index (χ0n) is 39.3. The number of rotatable bonds is 18. The zero-order chi connectivity index (χ0) is 48.4. The molecule has 14 heteroatoms. The van der Waals surface area contributed by atoms with Gasteiger partial charge in [0, 0.05) is 42.7 Å². The Morgan fingerprint density at radius 3 is 2.26 bits per heavy atom. The Bertz CT molecular complexity index is 2790. The molecule has 70 heavy (non-hydrogen) atoms. The van der Waals surface area contributed by atoms with Gasteiger partial charge in [-0.15, -0.1) is 0 Å². The molecule has 0 radical (unpaired) electrons. The molecule has 5 aromatic carbocycles. The van der Waals surface area contributed by atoms with Crippen molar-refractivity contribution in [2.75, 3.05) is 39.3 Å². The molecule has 3 atom stereocenters. The van der Waals surface area contributed by atoms with E-state index in [1.54, 1.807) is 36.4 Å². The highest BCUT2D eigenvalue weighted by molar-refractivity contribution is 5.94. The van der Waals surface area contributed by atoms with E-state index < -0.39 is 24.2 Å². The number of carbonyl (C=O) groups excluding carboxylic acids is 3. The smallest absolute Gasteiger partial charge is 0.408 e. The number of benzene rings is 5. The summed E-state index contributed by atoms with van der Waals surface area (Å²) >= 11 is 0. The second-order valence-electron chi connectivity index (χ2n) is 18.7. The van der Waals surface area contributed by atoms with Crippen molar-refractivity contribution >= 4 is 28.9 Å². The van der Waals surface area contributed by atoms with Gasteiger partial charge >= 0.3 is 12.1 Å². The van der Waals surface area contributed by atoms with Crippen LogP contribution in [0.5, 0.6) is 11.5 Å². The summed E-state index contributed by atoms with van der Waals surface area (Å²) in [5, 5.41) is 28.1. The lowest BCUT2D eigenvalue weighted by Crippen LogP contribution is -2.52. The Balaban J connectivity index is 0.758. The van der Waals surface area contributed by atoms with Crippen molar-refractivity contribution in [3.05, 3.63) is 177 Å². The molecule has 2 bridgehead atoms. The minimum atomic E-state index is -0.897. The highest BCUT2D eigenvalue weighted by Crippen LogP contribution is 2.32. The summed E-state index contributed by atoms with van der Waals surface area (Å²) < 4.78 is 18.0. The predicted octanol–water partition coefficient (Wildman–Crippen LogP) is 8.18. The number of aliphatic hydroxyl groups is 1. The molecule has 10 rings (SSSR count). The number of aromatic hydroxyl groups is 1. The van der Waals surface area contributed by atoms with E-state index in [0.29, 0.717) is 40.3 Å². The molecule has 4 heterocycles. The van der Waals surface area contributed by atoms with Gasteiger partial charge in [0.2, 0.25) is 5.56 Å². The Hall–Kier alpha value is -7.00. The number of carbonyl (C=O) groups is 3. The summed E-state index contributed by atoms with van der Waals surface area (Å²) in [7, 11) is 0. The fraction of sp³-hybridized carbons (Fsp3) is 0.357. The van der Waals surface area contributed by atoms with Gasteiger partial charge in [0.1, 0.15) is 30.8 Å². The number of H-pyrrole nitrogens is 1. The predicted molar refractivity (Wildman–Crippen MR) is 266 cm³/mol. The molecule has 3 saturated heterocycles. The number of ether oxygens (including phenoxy) is 3. The SMILES string of the molecule is O=C(NC(c1ccccc1)c1cccc(OCc2ccc(C(=O)OCCN(C(=O)c3ccc(CNC[C@@H](O)c4ccc(O)c5[nH]c(=O)ccc45)cc3)C3CCCCC3)cc2)c1)O[C@H]1CN2CCC1CC2. The average molecular weight is 948 g/mol. The molecule has 1 aromatic heterocycles. The van der Waals surface area contributed by atoms with E-state index in [9.17, 15) is 29.4 Å². The number of nitrogens with one attached hydrogen (secondary N) is 3. The van der Waals surface area contributed by atoms with Crippen LogP contribution in [0, 0.1) is 5.92 Å². The maximum Gasteiger partial charge on any atom is 0.408 e. The minimum absolute atomic E-state index is 0.0494. The summed E-state index contributed by atoms with van der Waals surface area (Å²) in [4.78, 5) is 59.2. The Labute approximate surface area is 407 Å². The number of pyridine rings is 1. The first-order chi connectivity index (χ1) is 34.1. The third kappa shape index (κ3) is 11.9. The highest BCUT2D eigenvalue weighted by atomic mass is 16.6. The number of alkyl carbamates (subject to hydrolysis) is 1. The Kier molecular flexibility index (Phi) is 15.5. The van der Waals surface area contributed by atoms with Crippen LogP contribution in [0.25, 0.3) is 10.9 Å². The van der Waals surface area contributed by atoms with Gasteiger partial charge in [0.15, 0.2) is 0 Å². The van der Waals surface area contributed by atoms with E-state index >= 15 is 0 Å². The molecule has 4 aliphatic rings. The van der Waals surface area contributed by atoms with Gasteiger partial charge in [0.25, 0.3) is 5.91 Å². The standard InChI is InChI=1S/C56H61N5O9/c62-48-24-22-46(47-23-25-51(64)58-53(47)48)49(63)34-57-33-37-14-18-41(19-15-37)54(65)61(44-11-5-2-6-12-44)30-31-68-55(66)42-20-16-38(17-21-42)36-69-45-13-7-10-43(32-45)52(40-8-3-1-4-9-40)59-56(67)70-50-35-60-28-26-39(50)27-29-60/h1,3-4,7-10,13-25,32,39,44,49-50,52,57,62-63H,2,5-6,11-12,26-31,33-36H2,(H,58,64)(H,59,67)/t49-,50+,52?/m1/s1. The van der Waals surface area contributed by atoms with Gasteiger partial charge in [-0.05, 0) is 121 Å². The van der Waals surface area contributed by atoms with E-state index in [2.05, 4.69) is 20.5 Å². The van der Waals surface area contributed by atoms with Crippen molar-refractivity contribution in [1.82, 2.24) is 25.4 Å². The number of phenolic OH excluding ortho intramolecular Hbond substituents is 1. The number of amides is 2. The third-order valence-electron chi connectivity index (χ3n) is 14.0. The lowest BCUT2D eigenvalue weighted by Gasteiger charge is -2.43. The first-order valence-corrected chi connectivity index (χ1v) is 24.5. The second kappa shape index (κ2) is 22.6. The lowest BCUT2D eigenvalue weighted by molar-refractivity contribution is -0.0336. The van der Waals surface area contributed by atoms with Crippen molar-refractivity contribution in [3.8, 4) is 11.5 Å². The highest BCUT2D eigenvalue weighted by Gasteiger charge is 2.37. The average Bonchev–Trinajstić information content (AvgIpc) is 3.40. The number of hydrogen-bond donors (Lipinski definition) is 5. The molecule has 1 saturated carbocycles. The number of phenols is 1. The fourth-order valence-corrected chi connectivity index (χ4v) is 10.1. The molecular formula is C56H61N5O9. The van der Waals surface area contributed by atoms with Crippen LogP contribution in [0.1, 0.15) is 106 Å². The van der Waals surface area contributed by atoms with Crippen LogP contribution in [0.3, 0.4) is 0 Å². The quantitative estimate of drug-likeness (QED) is 0.0524. The number of aromatic amines is 1. The summed E-state index contributed by atoms with van der Waals surface area (Å²) in [6, 6.07) is 37.6. The van der Waals surface area contributed by atoms with E-state index in [1.807, 2.05) is 83.8 Å². The monoisotopic (exact) mass is 947 g/mol. The summed E-state index contributed by atoms with van der Waals surface area (Å²) in [5.74, 6) is 0.387. The maximum atomic E-state index is 14.0. The summed E-state index contributed by atoms with van der Waals surface area (Å²) in [5.41, 5.74) is 5.02. The van der Waals surface area contributed by atoms with Crippen molar-refractivity contribution in [3.63, 3.8) is 0 Å². The van der Waals surface area contributed by atoms with Crippen LogP contribution in [-0.4, -0.2) is 94.4 Å². The minimum Gasteiger partial charge on any atom is -0.506 e.